The second-order valence-electron chi connectivity index (χ2n) is 2.87. The fourth-order valence-corrected chi connectivity index (χ4v) is 1.69. The first-order valence-corrected chi connectivity index (χ1v) is 5.03. The van der Waals surface area contributed by atoms with Crippen LogP contribution >= 0.6 is 22.6 Å². The van der Waals surface area contributed by atoms with Crippen molar-refractivity contribution in [3.63, 3.8) is 0 Å². The molecule has 0 unspecified atom stereocenters. The van der Waals surface area contributed by atoms with Crippen LogP contribution in [-0.4, -0.2) is 16.1 Å². The lowest BCUT2D eigenvalue weighted by molar-refractivity contribution is 0.0696. The predicted molar refractivity (Wildman–Crippen MR) is 61.4 cm³/mol. The molecule has 2 rings (SSSR count). The van der Waals surface area contributed by atoms with Crippen LogP contribution in [0, 0.1) is 3.57 Å². The number of aromatic nitrogens is 1. The Hall–Kier alpha value is -1.17. The second kappa shape index (κ2) is 3.53. The van der Waals surface area contributed by atoms with E-state index in [9.17, 15) is 4.79 Å². The molecule has 14 heavy (non-hydrogen) atoms. The molecule has 0 aliphatic heterocycles. The third-order valence-electron chi connectivity index (χ3n) is 1.89. The molecule has 0 aliphatic rings. The molecular formula is C10H6INO2. The first-order chi connectivity index (χ1) is 6.66. The van der Waals surface area contributed by atoms with Crippen molar-refractivity contribution in [3.05, 3.63) is 39.6 Å². The van der Waals surface area contributed by atoms with Crippen LogP contribution in [0.1, 0.15) is 10.4 Å². The van der Waals surface area contributed by atoms with E-state index in [-0.39, 0.29) is 5.56 Å². The molecule has 1 aromatic heterocycles. The molecule has 0 amide bonds. The van der Waals surface area contributed by atoms with Crippen LogP contribution < -0.4 is 0 Å². The van der Waals surface area contributed by atoms with Gasteiger partial charge in [-0.3, -0.25) is 4.98 Å². The lowest BCUT2D eigenvalue weighted by Crippen LogP contribution is -1.96. The van der Waals surface area contributed by atoms with Crippen LogP contribution in [0.3, 0.4) is 0 Å². The van der Waals surface area contributed by atoms with Crippen molar-refractivity contribution in [3.8, 4) is 0 Å². The van der Waals surface area contributed by atoms with Crippen LogP contribution in [0.4, 0.5) is 0 Å². The summed E-state index contributed by atoms with van der Waals surface area (Å²) in [5.74, 6) is -0.946. The van der Waals surface area contributed by atoms with Gasteiger partial charge in [0.2, 0.25) is 0 Å². The van der Waals surface area contributed by atoms with Crippen molar-refractivity contribution in [2.75, 3.05) is 0 Å². The first kappa shape index (κ1) is 9.39. The normalized spacial score (nSPS) is 10.4. The van der Waals surface area contributed by atoms with Crippen LogP contribution in [0.25, 0.3) is 10.9 Å². The number of hydrogen-bond acceptors (Lipinski definition) is 2. The Kier molecular flexibility index (Phi) is 2.37. The van der Waals surface area contributed by atoms with Crippen LogP contribution in [-0.2, 0) is 0 Å². The number of carbonyl (C=O) groups is 1. The third-order valence-corrected chi connectivity index (χ3v) is 2.56. The number of aromatic carboxylic acids is 1. The number of pyridine rings is 1. The molecule has 0 fully saturated rings. The van der Waals surface area contributed by atoms with E-state index in [0.29, 0.717) is 0 Å². The van der Waals surface area contributed by atoms with E-state index in [1.165, 1.54) is 6.20 Å². The van der Waals surface area contributed by atoms with E-state index in [2.05, 4.69) is 27.6 Å². The maximum Gasteiger partial charge on any atom is 0.337 e. The summed E-state index contributed by atoms with van der Waals surface area (Å²) in [5.41, 5.74) is 1.04. The minimum Gasteiger partial charge on any atom is -0.478 e. The molecule has 1 aromatic carbocycles. The van der Waals surface area contributed by atoms with Gasteiger partial charge in [0.05, 0.1) is 11.1 Å². The van der Waals surface area contributed by atoms with Gasteiger partial charge >= 0.3 is 5.97 Å². The molecule has 0 atom stereocenters. The van der Waals surface area contributed by atoms with Crippen molar-refractivity contribution in [1.82, 2.24) is 4.98 Å². The number of fused-ring (bicyclic) bond motifs is 1. The molecule has 0 bridgehead atoms. The van der Waals surface area contributed by atoms with Gasteiger partial charge in [-0.1, -0.05) is 6.07 Å². The average Bonchev–Trinajstić information content (AvgIpc) is 2.16. The summed E-state index contributed by atoms with van der Waals surface area (Å²) in [6.07, 6.45) is 1.38. The summed E-state index contributed by atoms with van der Waals surface area (Å²) in [5, 5.41) is 9.61. The molecule has 70 valence electrons. The average molecular weight is 299 g/mol. The van der Waals surface area contributed by atoms with E-state index < -0.39 is 5.97 Å². The molecule has 1 heterocycles. The molecule has 0 spiro atoms. The SMILES string of the molecule is O=C(O)c1cnc2cc(I)ccc2c1. The summed E-state index contributed by atoms with van der Waals surface area (Å²) in [6.45, 7) is 0. The molecule has 0 radical (unpaired) electrons. The summed E-state index contributed by atoms with van der Waals surface area (Å²) < 4.78 is 1.09. The molecular weight excluding hydrogens is 293 g/mol. The highest BCUT2D eigenvalue weighted by Gasteiger charge is 2.04. The standard InChI is InChI=1S/C10H6INO2/c11-8-2-1-6-3-7(10(13)14)5-12-9(6)4-8/h1-5H,(H,13,14). The zero-order chi connectivity index (χ0) is 10.1. The quantitative estimate of drug-likeness (QED) is 0.823. The Balaban J connectivity index is 2.67. The van der Waals surface area contributed by atoms with Gasteiger partial charge in [-0.05, 0) is 40.8 Å². The second-order valence-corrected chi connectivity index (χ2v) is 4.11. The Bertz CT molecular complexity index is 510. The highest BCUT2D eigenvalue weighted by molar-refractivity contribution is 14.1. The highest BCUT2D eigenvalue weighted by atomic mass is 127. The lowest BCUT2D eigenvalue weighted by atomic mass is 10.2. The highest BCUT2D eigenvalue weighted by Crippen LogP contribution is 2.16. The molecule has 0 saturated heterocycles. The molecule has 2 aromatic rings. The number of benzene rings is 1. The number of hydrogen-bond donors (Lipinski definition) is 1. The number of nitrogens with zero attached hydrogens (tertiary/aromatic N) is 1. The molecule has 3 nitrogen and oxygen atoms in total. The lowest BCUT2D eigenvalue weighted by Gasteiger charge is -1.99. The van der Waals surface area contributed by atoms with Gasteiger partial charge in [-0.2, -0.15) is 0 Å². The molecule has 1 N–H and O–H groups in total. The monoisotopic (exact) mass is 299 g/mol. The van der Waals surface area contributed by atoms with Crippen LogP contribution in [0.15, 0.2) is 30.5 Å². The Labute approximate surface area is 93.9 Å². The van der Waals surface area contributed by atoms with E-state index in [0.717, 1.165) is 14.5 Å². The van der Waals surface area contributed by atoms with Crippen LogP contribution in [0.2, 0.25) is 0 Å². The van der Waals surface area contributed by atoms with Crippen molar-refractivity contribution < 1.29 is 9.90 Å². The van der Waals surface area contributed by atoms with Gasteiger partial charge in [-0.15, -0.1) is 0 Å². The fourth-order valence-electron chi connectivity index (χ4n) is 1.21. The molecule has 4 heteroatoms. The minimum absolute atomic E-state index is 0.221. The number of carboxylic acid groups (broad SMARTS) is 1. The number of carboxylic acids is 1. The summed E-state index contributed by atoms with van der Waals surface area (Å²) in [4.78, 5) is 14.7. The van der Waals surface area contributed by atoms with Gasteiger partial charge in [0, 0.05) is 15.2 Å². The van der Waals surface area contributed by atoms with Crippen molar-refractivity contribution in [1.29, 1.82) is 0 Å². The molecule has 0 saturated carbocycles. The zero-order valence-corrected chi connectivity index (χ0v) is 9.22. The van der Waals surface area contributed by atoms with Crippen molar-refractivity contribution in [2.45, 2.75) is 0 Å². The Morgan fingerprint density at radius 2 is 2.14 bits per heavy atom. The topological polar surface area (TPSA) is 50.2 Å². The van der Waals surface area contributed by atoms with Gasteiger partial charge in [0.1, 0.15) is 0 Å². The van der Waals surface area contributed by atoms with E-state index in [1.807, 2.05) is 18.2 Å². The maximum atomic E-state index is 10.7. The van der Waals surface area contributed by atoms with Gasteiger partial charge in [-0.25, -0.2) is 4.79 Å². The Morgan fingerprint density at radius 3 is 2.86 bits per heavy atom. The molecule has 0 aliphatic carbocycles. The van der Waals surface area contributed by atoms with E-state index in [4.69, 9.17) is 5.11 Å². The van der Waals surface area contributed by atoms with Gasteiger partial charge in [0.15, 0.2) is 0 Å². The number of halogens is 1. The maximum absolute atomic E-state index is 10.7. The summed E-state index contributed by atoms with van der Waals surface area (Å²) >= 11 is 2.19. The van der Waals surface area contributed by atoms with Crippen LogP contribution in [0.5, 0.6) is 0 Å². The summed E-state index contributed by atoms with van der Waals surface area (Å²) in [6, 6.07) is 7.34. The van der Waals surface area contributed by atoms with Crippen molar-refractivity contribution >= 4 is 39.5 Å². The van der Waals surface area contributed by atoms with Gasteiger partial charge in [0.25, 0.3) is 0 Å². The van der Waals surface area contributed by atoms with Crippen molar-refractivity contribution in [2.24, 2.45) is 0 Å². The summed E-state index contributed by atoms with van der Waals surface area (Å²) in [7, 11) is 0. The fraction of sp³-hybridized carbons (Fsp3) is 0. The third kappa shape index (κ3) is 1.70. The number of rotatable bonds is 1. The van der Waals surface area contributed by atoms with Gasteiger partial charge < -0.3 is 5.11 Å². The Morgan fingerprint density at radius 1 is 1.36 bits per heavy atom. The minimum atomic E-state index is -0.946. The van der Waals surface area contributed by atoms with E-state index in [1.54, 1.807) is 6.07 Å². The van der Waals surface area contributed by atoms with E-state index >= 15 is 0 Å². The zero-order valence-electron chi connectivity index (χ0n) is 7.07. The largest absolute Gasteiger partial charge is 0.478 e. The first-order valence-electron chi connectivity index (χ1n) is 3.95. The predicted octanol–water partition coefficient (Wildman–Crippen LogP) is 2.54. The smallest absolute Gasteiger partial charge is 0.337 e.